The zero-order valence-corrected chi connectivity index (χ0v) is 11.3. The largest absolute Gasteiger partial charge is 0.364 e. The number of hydrogen-bond donors (Lipinski definition) is 0. The molecular weight excluding hydrogens is 252 g/mol. The highest BCUT2D eigenvalue weighted by Gasteiger charge is 2.27. The maximum absolute atomic E-state index is 11.1. The maximum atomic E-state index is 11.1. The first-order valence-corrected chi connectivity index (χ1v) is 6.73. The molecule has 20 heavy (non-hydrogen) atoms. The van der Waals surface area contributed by atoms with Crippen LogP contribution in [0, 0.1) is 10.1 Å². The highest BCUT2D eigenvalue weighted by atomic mass is 16.6. The van der Waals surface area contributed by atoms with Crippen LogP contribution in [0.25, 0.3) is 0 Å². The van der Waals surface area contributed by atoms with Crippen molar-refractivity contribution in [3.8, 4) is 0 Å². The Kier molecular flexibility index (Phi) is 3.14. The molecule has 0 aliphatic carbocycles. The second-order valence-electron chi connectivity index (χ2n) is 5.20. The van der Waals surface area contributed by atoms with Crippen molar-refractivity contribution in [3.05, 3.63) is 69.8 Å². The summed E-state index contributed by atoms with van der Waals surface area (Å²) in [5, 5.41) is 11.1. The van der Waals surface area contributed by atoms with Gasteiger partial charge in [-0.15, -0.1) is 0 Å². The molecule has 0 bridgehead atoms. The van der Waals surface area contributed by atoms with Gasteiger partial charge in [0.2, 0.25) is 0 Å². The van der Waals surface area contributed by atoms with Crippen LogP contribution in [0.15, 0.2) is 48.5 Å². The lowest BCUT2D eigenvalue weighted by molar-refractivity contribution is -0.385. The molecule has 4 heteroatoms. The topological polar surface area (TPSA) is 46.4 Å². The van der Waals surface area contributed by atoms with E-state index in [4.69, 9.17) is 0 Å². The predicted octanol–water partition coefficient (Wildman–Crippen LogP) is 3.55. The fraction of sp³-hybridized carbons (Fsp3) is 0.250. The lowest BCUT2D eigenvalue weighted by atomic mass is 10.1. The number of para-hydroxylation sites is 2. The van der Waals surface area contributed by atoms with Gasteiger partial charge < -0.3 is 4.90 Å². The Bertz CT molecular complexity index is 654. The minimum atomic E-state index is -0.304. The van der Waals surface area contributed by atoms with Crippen molar-refractivity contribution < 1.29 is 4.92 Å². The molecule has 1 unspecified atom stereocenters. The lowest BCUT2D eigenvalue weighted by Gasteiger charge is -2.24. The molecule has 102 valence electrons. The van der Waals surface area contributed by atoms with E-state index in [2.05, 4.69) is 24.0 Å². The van der Waals surface area contributed by atoms with Crippen molar-refractivity contribution in [1.82, 2.24) is 0 Å². The molecule has 0 spiro atoms. The molecule has 0 saturated heterocycles. The molecule has 4 nitrogen and oxygen atoms in total. The highest BCUT2D eigenvalue weighted by molar-refractivity contribution is 5.60. The Labute approximate surface area is 117 Å². The molecule has 1 aliphatic heterocycles. The molecule has 0 N–H and O–H groups in total. The van der Waals surface area contributed by atoms with Crippen LogP contribution in [0.5, 0.6) is 0 Å². The number of nitro groups is 1. The fourth-order valence-corrected chi connectivity index (χ4v) is 2.88. The Morgan fingerprint density at radius 3 is 2.70 bits per heavy atom. The molecule has 2 aromatic rings. The third-order valence-electron chi connectivity index (χ3n) is 3.88. The van der Waals surface area contributed by atoms with Gasteiger partial charge >= 0.3 is 0 Å². The van der Waals surface area contributed by atoms with Crippen LogP contribution in [0.1, 0.15) is 18.1 Å². The second-order valence-corrected chi connectivity index (χ2v) is 5.20. The first-order chi connectivity index (χ1) is 9.66. The van der Waals surface area contributed by atoms with Crippen LogP contribution in [0.3, 0.4) is 0 Å². The van der Waals surface area contributed by atoms with Gasteiger partial charge in [0.25, 0.3) is 5.69 Å². The van der Waals surface area contributed by atoms with Gasteiger partial charge in [-0.3, -0.25) is 10.1 Å². The number of nitro benzene ring substituents is 1. The summed E-state index contributed by atoms with van der Waals surface area (Å²) in [7, 11) is 0. The van der Waals surface area contributed by atoms with E-state index in [0.717, 1.165) is 12.0 Å². The van der Waals surface area contributed by atoms with Crippen molar-refractivity contribution in [2.75, 3.05) is 4.90 Å². The average molecular weight is 268 g/mol. The van der Waals surface area contributed by atoms with Gasteiger partial charge in [-0.1, -0.05) is 36.4 Å². The van der Waals surface area contributed by atoms with Crippen LogP contribution in [-0.4, -0.2) is 11.0 Å². The Morgan fingerprint density at radius 2 is 1.90 bits per heavy atom. The van der Waals surface area contributed by atoms with Gasteiger partial charge in [-0.05, 0) is 25.0 Å². The normalized spacial score (nSPS) is 17.1. The molecule has 1 atom stereocenters. The summed E-state index contributed by atoms with van der Waals surface area (Å²) in [6.45, 7) is 2.74. The van der Waals surface area contributed by atoms with Gasteiger partial charge in [0.05, 0.1) is 11.5 Å². The van der Waals surface area contributed by atoms with E-state index in [0.29, 0.717) is 12.6 Å². The van der Waals surface area contributed by atoms with Crippen molar-refractivity contribution in [1.29, 1.82) is 0 Å². The summed E-state index contributed by atoms with van der Waals surface area (Å²) < 4.78 is 0. The average Bonchev–Trinajstić information content (AvgIpc) is 2.76. The quantitative estimate of drug-likeness (QED) is 0.631. The minimum absolute atomic E-state index is 0.198. The molecule has 2 aromatic carbocycles. The third-order valence-corrected chi connectivity index (χ3v) is 3.88. The van der Waals surface area contributed by atoms with E-state index in [1.54, 1.807) is 12.1 Å². The molecule has 1 aliphatic rings. The molecule has 0 radical (unpaired) electrons. The van der Waals surface area contributed by atoms with E-state index >= 15 is 0 Å². The number of hydrogen-bond acceptors (Lipinski definition) is 3. The van der Waals surface area contributed by atoms with E-state index in [1.807, 2.05) is 24.3 Å². The summed E-state index contributed by atoms with van der Waals surface area (Å²) in [4.78, 5) is 13.1. The minimum Gasteiger partial charge on any atom is -0.364 e. The summed E-state index contributed by atoms with van der Waals surface area (Å²) in [6.07, 6.45) is 0.997. The monoisotopic (exact) mass is 268 g/mol. The molecule has 3 rings (SSSR count). The Hall–Kier alpha value is -2.36. The van der Waals surface area contributed by atoms with Gasteiger partial charge in [0.15, 0.2) is 0 Å². The van der Waals surface area contributed by atoms with Crippen LogP contribution >= 0.6 is 0 Å². The SMILES string of the molecule is CC1Cc2ccccc2N1Cc1ccccc1[N+](=O)[O-]. The first-order valence-electron chi connectivity index (χ1n) is 6.73. The van der Waals surface area contributed by atoms with E-state index in [-0.39, 0.29) is 10.6 Å². The van der Waals surface area contributed by atoms with E-state index in [1.165, 1.54) is 11.3 Å². The molecule has 0 fully saturated rings. The Balaban J connectivity index is 1.94. The van der Waals surface area contributed by atoms with Gasteiger partial charge in [0, 0.05) is 23.4 Å². The van der Waals surface area contributed by atoms with Crippen LogP contribution < -0.4 is 4.90 Å². The van der Waals surface area contributed by atoms with Crippen molar-refractivity contribution in [3.63, 3.8) is 0 Å². The standard InChI is InChI=1S/C16H16N2O2/c1-12-10-13-6-2-4-8-15(13)17(12)11-14-7-3-5-9-16(14)18(19)20/h2-9,12H,10-11H2,1H3. The van der Waals surface area contributed by atoms with E-state index in [9.17, 15) is 10.1 Å². The maximum Gasteiger partial charge on any atom is 0.274 e. The van der Waals surface area contributed by atoms with Crippen LogP contribution in [0.2, 0.25) is 0 Å². The number of fused-ring (bicyclic) bond motifs is 1. The van der Waals surface area contributed by atoms with Gasteiger partial charge in [-0.25, -0.2) is 0 Å². The first kappa shape index (κ1) is 12.7. The zero-order chi connectivity index (χ0) is 14.1. The number of benzene rings is 2. The smallest absolute Gasteiger partial charge is 0.274 e. The number of anilines is 1. The van der Waals surface area contributed by atoms with Crippen LogP contribution in [-0.2, 0) is 13.0 Å². The van der Waals surface area contributed by atoms with Gasteiger partial charge in [-0.2, -0.15) is 0 Å². The second kappa shape index (κ2) is 4.96. The van der Waals surface area contributed by atoms with Crippen molar-refractivity contribution in [2.45, 2.75) is 25.9 Å². The number of rotatable bonds is 3. The summed E-state index contributed by atoms with van der Waals surface area (Å²) >= 11 is 0. The van der Waals surface area contributed by atoms with Crippen LogP contribution in [0.4, 0.5) is 11.4 Å². The summed E-state index contributed by atoms with van der Waals surface area (Å²) in [6, 6.07) is 15.6. The zero-order valence-electron chi connectivity index (χ0n) is 11.3. The van der Waals surface area contributed by atoms with Gasteiger partial charge in [0.1, 0.15) is 0 Å². The summed E-state index contributed by atoms with van der Waals surface area (Å²) in [5.41, 5.74) is 3.47. The third kappa shape index (κ3) is 2.13. The molecule has 0 saturated carbocycles. The van der Waals surface area contributed by atoms with Crippen molar-refractivity contribution in [2.24, 2.45) is 0 Å². The van der Waals surface area contributed by atoms with Crippen molar-refractivity contribution >= 4 is 11.4 Å². The molecule has 0 amide bonds. The molecule has 0 aromatic heterocycles. The number of nitrogens with zero attached hydrogens (tertiary/aromatic N) is 2. The predicted molar refractivity (Wildman–Crippen MR) is 78.9 cm³/mol. The molecule has 1 heterocycles. The fourth-order valence-electron chi connectivity index (χ4n) is 2.88. The Morgan fingerprint density at radius 1 is 1.20 bits per heavy atom. The lowest BCUT2D eigenvalue weighted by Crippen LogP contribution is -2.28. The summed E-state index contributed by atoms with van der Waals surface area (Å²) in [5.74, 6) is 0. The molecular formula is C16H16N2O2. The van der Waals surface area contributed by atoms with E-state index < -0.39 is 0 Å². The highest BCUT2D eigenvalue weighted by Crippen LogP contribution is 2.34.